The number of alkyl halides is 3. The van der Waals surface area contributed by atoms with Crippen molar-refractivity contribution in [2.75, 3.05) is 14.2 Å². The molecule has 2 aromatic rings. The molecule has 0 fully saturated rings. The monoisotopic (exact) mass is 354 g/mol. The number of benzene rings is 1. The van der Waals surface area contributed by atoms with Gasteiger partial charge < -0.3 is 14.2 Å². The maximum atomic E-state index is 12.8. The van der Waals surface area contributed by atoms with Crippen molar-refractivity contribution in [1.29, 1.82) is 0 Å². The third-order valence-corrected chi connectivity index (χ3v) is 2.94. The molecule has 0 atom stereocenters. The molecule has 9 heteroatoms. The Morgan fingerprint density at radius 1 is 1.16 bits per heavy atom. The van der Waals surface area contributed by atoms with E-state index in [1.165, 1.54) is 31.6 Å². The molecule has 0 amide bonds. The molecule has 0 saturated carbocycles. The zero-order chi connectivity index (χ0) is 18.4. The Kier molecular flexibility index (Phi) is 5.58. The maximum Gasteiger partial charge on any atom is 0.416 e. The largest absolute Gasteiger partial charge is 0.503 e. The molecule has 0 aliphatic rings. The molecule has 0 aliphatic heterocycles. The van der Waals surface area contributed by atoms with Gasteiger partial charge in [0.25, 0.3) is 0 Å². The Labute approximate surface area is 140 Å². The molecule has 1 aromatic carbocycles. The van der Waals surface area contributed by atoms with Gasteiger partial charge in [0.15, 0.2) is 0 Å². The number of esters is 1. The van der Waals surface area contributed by atoms with E-state index in [4.69, 9.17) is 9.47 Å². The van der Waals surface area contributed by atoms with Crippen LogP contribution in [0.15, 0.2) is 42.9 Å². The molecule has 0 spiro atoms. The number of methoxy groups -OCH3 is 2. The van der Waals surface area contributed by atoms with Crippen molar-refractivity contribution in [2.24, 2.45) is 0 Å². The smallest absolute Gasteiger partial charge is 0.416 e. The highest BCUT2D eigenvalue weighted by molar-refractivity contribution is 6.16. The van der Waals surface area contributed by atoms with E-state index in [1.54, 1.807) is 0 Å². The van der Waals surface area contributed by atoms with Crippen LogP contribution in [0.1, 0.15) is 11.3 Å². The van der Waals surface area contributed by atoms with E-state index in [9.17, 15) is 18.0 Å². The van der Waals surface area contributed by atoms with Crippen LogP contribution in [-0.2, 0) is 20.4 Å². The number of carbonyl (C=O) groups is 1. The summed E-state index contributed by atoms with van der Waals surface area (Å²) in [6.45, 7) is 0. The van der Waals surface area contributed by atoms with Crippen molar-refractivity contribution in [3.05, 3.63) is 54.2 Å². The van der Waals surface area contributed by atoms with Gasteiger partial charge in [0.1, 0.15) is 17.0 Å². The van der Waals surface area contributed by atoms with Crippen LogP contribution < -0.4 is 4.74 Å². The highest BCUT2D eigenvalue weighted by Gasteiger charge is 2.31. The van der Waals surface area contributed by atoms with Crippen molar-refractivity contribution in [3.8, 4) is 11.6 Å². The fraction of sp³-hybridized carbons (Fsp3) is 0.188. The lowest BCUT2D eigenvalue weighted by atomic mass is 10.2. The van der Waals surface area contributed by atoms with Gasteiger partial charge in [-0.25, -0.2) is 14.8 Å². The number of hydrogen-bond donors (Lipinski definition) is 0. The van der Waals surface area contributed by atoms with Crippen LogP contribution in [0.25, 0.3) is 5.57 Å². The third-order valence-electron chi connectivity index (χ3n) is 2.94. The van der Waals surface area contributed by atoms with E-state index in [0.29, 0.717) is 0 Å². The Morgan fingerprint density at radius 2 is 1.88 bits per heavy atom. The van der Waals surface area contributed by atoms with Gasteiger partial charge in [0, 0.05) is 12.4 Å². The van der Waals surface area contributed by atoms with Crippen LogP contribution in [0, 0.1) is 0 Å². The standard InChI is InChI=1S/C16H13F3N2O4/c1-23-9-12(15(22)24-2)13-14(21-7-6-20-13)25-11-5-3-4-10(8-11)16(17,18)19/h3-9H,1-2H3/b12-9+. The summed E-state index contributed by atoms with van der Waals surface area (Å²) < 4.78 is 53.2. The molecule has 0 radical (unpaired) electrons. The number of ether oxygens (including phenoxy) is 3. The van der Waals surface area contributed by atoms with Crippen molar-refractivity contribution in [3.63, 3.8) is 0 Å². The highest BCUT2D eigenvalue weighted by atomic mass is 19.4. The number of nitrogens with zero attached hydrogens (tertiary/aromatic N) is 2. The van der Waals surface area contributed by atoms with Gasteiger partial charge in [0.2, 0.25) is 5.88 Å². The Bertz CT molecular complexity index is 791. The van der Waals surface area contributed by atoms with Crippen molar-refractivity contribution < 1.29 is 32.2 Å². The summed E-state index contributed by atoms with van der Waals surface area (Å²) in [4.78, 5) is 19.7. The number of rotatable bonds is 5. The number of aromatic nitrogens is 2. The molecular weight excluding hydrogens is 341 g/mol. The van der Waals surface area contributed by atoms with Crippen LogP contribution in [0.5, 0.6) is 11.6 Å². The average molecular weight is 354 g/mol. The van der Waals surface area contributed by atoms with Gasteiger partial charge in [0.05, 0.1) is 26.0 Å². The minimum atomic E-state index is -4.52. The van der Waals surface area contributed by atoms with E-state index >= 15 is 0 Å². The third kappa shape index (κ3) is 4.46. The van der Waals surface area contributed by atoms with E-state index in [1.807, 2.05) is 0 Å². The van der Waals surface area contributed by atoms with E-state index < -0.39 is 17.7 Å². The highest BCUT2D eigenvalue weighted by Crippen LogP contribution is 2.33. The van der Waals surface area contributed by atoms with E-state index in [-0.39, 0.29) is 22.9 Å². The average Bonchev–Trinajstić information content (AvgIpc) is 2.59. The van der Waals surface area contributed by atoms with Crippen LogP contribution in [-0.4, -0.2) is 30.2 Å². The molecule has 0 unspecified atom stereocenters. The zero-order valence-corrected chi connectivity index (χ0v) is 13.2. The second-order valence-electron chi connectivity index (χ2n) is 4.60. The SMILES string of the molecule is CO/C=C(/C(=O)OC)c1nccnc1Oc1cccc(C(F)(F)F)c1. The van der Waals surface area contributed by atoms with Crippen LogP contribution in [0.4, 0.5) is 13.2 Å². The Hall–Kier alpha value is -3.10. The molecule has 0 aliphatic carbocycles. The molecule has 0 bridgehead atoms. The fourth-order valence-corrected chi connectivity index (χ4v) is 1.86. The molecule has 25 heavy (non-hydrogen) atoms. The molecule has 1 aromatic heterocycles. The molecule has 0 saturated heterocycles. The first-order chi connectivity index (χ1) is 11.9. The van der Waals surface area contributed by atoms with Crippen molar-refractivity contribution >= 4 is 11.5 Å². The molecule has 6 nitrogen and oxygen atoms in total. The lowest BCUT2D eigenvalue weighted by molar-refractivity contribution is -0.137. The Morgan fingerprint density at radius 3 is 2.52 bits per heavy atom. The molecule has 132 valence electrons. The number of hydrogen-bond acceptors (Lipinski definition) is 6. The minimum Gasteiger partial charge on any atom is -0.503 e. The van der Waals surface area contributed by atoms with E-state index in [0.717, 1.165) is 25.5 Å². The molecular formula is C16H13F3N2O4. The molecule has 1 heterocycles. The van der Waals surface area contributed by atoms with Gasteiger partial charge in [-0.2, -0.15) is 13.2 Å². The van der Waals surface area contributed by atoms with Gasteiger partial charge in [-0.1, -0.05) is 6.07 Å². The van der Waals surface area contributed by atoms with Crippen LogP contribution in [0.2, 0.25) is 0 Å². The summed E-state index contributed by atoms with van der Waals surface area (Å²) in [6.07, 6.45) is -0.874. The lowest BCUT2D eigenvalue weighted by Gasteiger charge is -2.12. The van der Waals surface area contributed by atoms with Gasteiger partial charge in [-0.3, -0.25) is 0 Å². The fourth-order valence-electron chi connectivity index (χ4n) is 1.86. The van der Waals surface area contributed by atoms with Crippen molar-refractivity contribution in [2.45, 2.75) is 6.18 Å². The van der Waals surface area contributed by atoms with Crippen LogP contribution in [0.3, 0.4) is 0 Å². The first-order valence-corrected chi connectivity index (χ1v) is 6.84. The minimum absolute atomic E-state index is 0.0337. The second-order valence-corrected chi connectivity index (χ2v) is 4.60. The van der Waals surface area contributed by atoms with Gasteiger partial charge in [-0.05, 0) is 18.2 Å². The first-order valence-electron chi connectivity index (χ1n) is 6.84. The summed E-state index contributed by atoms with van der Waals surface area (Å²) in [5.74, 6) is -1.05. The number of halogens is 3. The quantitative estimate of drug-likeness (QED) is 0.465. The maximum absolute atomic E-state index is 12.8. The van der Waals surface area contributed by atoms with Gasteiger partial charge in [-0.15, -0.1) is 0 Å². The second kappa shape index (κ2) is 7.65. The molecule has 0 N–H and O–H groups in total. The summed E-state index contributed by atoms with van der Waals surface area (Å²) in [5.41, 5.74) is -1.01. The summed E-state index contributed by atoms with van der Waals surface area (Å²) in [6, 6.07) is 4.25. The normalized spacial score (nSPS) is 11.8. The summed E-state index contributed by atoms with van der Waals surface area (Å²) in [7, 11) is 2.47. The topological polar surface area (TPSA) is 70.5 Å². The van der Waals surface area contributed by atoms with E-state index in [2.05, 4.69) is 14.7 Å². The predicted octanol–water partition coefficient (Wildman–Crippen LogP) is 3.45. The lowest BCUT2D eigenvalue weighted by Crippen LogP contribution is -2.08. The summed E-state index contributed by atoms with van der Waals surface area (Å²) in [5, 5.41) is 0. The summed E-state index contributed by atoms with van der Waals surface area (Å²) >= 11 is 0. The predicted molar refractivity (Wildman–Crippen MR) is 80.6 cm³/mol. The van der Waals surface area contributed by atoms with Crippen LogP contribution >= 0.6 is 0 Å². The first kappa shape index (κ1) is 18.2. The number of carbonyl (C=O) groups excluding carboxylic acids is 1. The van der Waals surface area contributed by atoms with Gasteiger partial charge >= 0.3 is 12.1 Å². The molecule has 2 rings (SSSR count). The Balaban J connectivity index is 2.42. The zero-order valence-electron chi connectivity index (χ0n) is 13.2. The van der Waals surface area contributed by atoms with Crippen molar-refractivity contribution in [1.82, 2.24) is 9.97 Å².